The first-order chi connectivity index (χ1) is 7.58. The summed E-state index contributed by atoms with van der Waals surface area (Å²) in [5.74, 6) is -0.258. The van der Waals surface area contributed by atoms with Crippen LogP contribution in [0.25, 0.3) is 0 Å². The van der Waals surface area contributed by atoms with Gasteiger partial charge in [0.2, 0.25) is 0 Å². The van der Waals surface area contributed by atoms with Crippen LogP contribution in [0.4, 0.5) is 0 Å². The molecule has 4 nitrogen and oxygen atoms in total. The quantitative estimate of drug-likeness (QED) is 0.422. The maximum atomic E-state index is 10.4. The number of rotatable bonds is 1. The maximum absolute atomic E-state index is 10.4. The molecule has 4 heteroatoms. The molecule has 0 fully saturated rings. The van der Waals surface area contributed by atoms with E-state index in [4.69, 9.17) is 5.73 Å². The average Bonchev–Trinajstić information content (AvgIpc) is 2.45. The summed E-state index contributed by atoms with van der Waals surface area (Å²) in [5, 5.41) is 29.7. The molecule has 0 aromatic heterocycles. The van der Waals surface area contributed by atoms with E-state index in [1.54, 1.807) is 6.07 Å². The molecular formula is C12H17NO3. The lowest BCUT2D eigenvalue weighted by Crippen LogP contribution is -2.35. The van der Waals surface area contributed by atoms with Crippen LogP contribution >= 0.6 is 0 Å². The Morgan fingerprint density at radius 3 is 2.69 bits per heavy atom. The second-order valence-electron chi connectivity index (χ2n) is 4.40. The van der Waals surface area contributed by atoms with E-state index in [1.165, 1.54) is 6.07 Å². The molecule has 0 radical (unpaired) electrons. The molecule has 1 aromatic carbocycles. The van der Waals surface area contributed by atoms with Crippen LogP contribution < -0.4 is 5.73 Å². The Balaban J connectivity index is 2.59. The van der Waals surface area contributed by atoms with Gasteiger partial charge in [-0.25, -0.2) is 0 Å². The van der Waals surface area contributed by atoms with E-state index in [1.807, 2.05) is 0 Å². The van der Waals surface area contributed by atoms with Gasteiger partial charge in [0.1, 0.15) is 5.60 Å². The van der Waals surface area contributed by atoms with E-state index in [0.717, 1.165) is 12.8 Å². The van der Waals surface area contributed by atoms with E-state index in [2.05, 4.69) is 0 Å². The van der Waals surface area contributed by atoms with Gasteiger partial charge in [-0.1, -0.05) is 6.07 Å². The molecule has 88 valence electrons. The molecule has 1 unspecified atom stereocenters. The minimum atomic E-state index is -1.07. The highest BCUT2D eigenvalue weighted by Crippen LogP contribution is 2.41. The molecule has 5 N–H and O–H groups in total. The summed E-state index contributed by atoms with van der Waals surface area (Å²) in [6.45, 7) is 0.129. The smallest absolute Gasteiger partial charge is 0.161 e. The first kappa shape index (κ1) is 11.2. The Morgan fingerprint density at radius 1 is 1.25 bits per heavy atom. The van der Waals surface area contributed by atoms with Gasteiger partial charge in [-0.2, -0.15) is 0 Å². The van der Waals surface area contributed by atoms with Gasteiger partial charge in [-0.05, 0) is 37.3 Å². The zero-order valence-electron chi connectivity index (χ0n) is 9.11. The molecule has 1 aliphatic carbocycles. The molecule has 1 atom stereocenters. The summed E-state index contributed by atoms with van der Waals surface area (Å²) in [7, 11) is 0. The van der Waals surface area contributed by atoms with Crippen LogP contribution in [0.2, 0.25) is 0 Å². The van der Waals surface area contributed by atoms with Gasteiger partial charge < -0.3 is 21.1 Å². The normalized spacial score (nSPS) is 24.9. The van der Waals surface area contributed by atoms with Crippen LogP contribution in [0.5, 0.6) is 11.5 Å². The highest BCUT2D eigenvalue weighted by Gasteiger charge is 2.33. The SMILES string of the molecule is NCC1(O)CCCCc2c1ccc(O)c2O. The van der Waals surface area contributed by atoms with E-state index >= 15 is 0 Å². The lowest BCUT2D eigenvalue weighted by Gasteiger charge is -2.27. The summed E-state index contributed by atoms with van der Waals surface area (Å²) < 4.78 is 0. The lowest BCUT2D eigenvalue weighted by molar-refractivity contribution is 0.0360. The Labute approximate surface area is 94.3 Å². The summed E-state index contributed by atoms with van der Waals surface area (Å²) in [4.78, 5) is 0. The van der Waals surface area contributed by atoms with Gasteiger partial charge in [0.25, 0.3) is 0 Å². The van der Waals surface area contributed by atoms with Gasteiger partial charge in [-0.15, -0.1) is 0 Å². The van der Waals surface area contributed by atoms with E-state index in [0.29, 0.717) is 24.0 Å². The number of phenolic OH excluding ortho intramolecular Hbond substituents is 2. The zero-order valence-corrected chi connectivity index (χ0v) is 9.11. The number of benzene rings is 1. The predicted molar refractivity (Wildman–Crippen MR) is 60.3 cm³/mol. The number of hydrogen-bond donors (Lipinski definition) is 4. The van der Waals surface area contributed by atoms with Crippen LogP contribution in [0, 0.1) is 0 Å². The molecule has 0 heterocycles. The Hall–Kier alpha value is -1.26. The largest absolute Gasteiger partial charge is 0.504 e. The van der Waals surface area contributed by atoms with Crippen molar-refractivity contribution in [2.24, 2.45) is 5.73 Å². The van der Waals surface area contributed by atoms with Crippen molar-refractivity contribution in [2.75, 3.05) is 6.54 Å². The highest BCUT2D eigenvalue weighted by atomic mass is 16.3. The zero-order chi connectivity index (χ0) is 11.8. The molecule has 2 rings (SSSR count). The molecular weight excluding hydrogens is 206 g/mol. The number of hydrogen-bond acceptors (Lipinski definition) is 4. The second kappa shape index (κ2) is 3.96. The van der Waals surface area contributed by atoms with Crippen LogP contribution in [-0.2, 0) is 12.0 Å². The summed E-state index contributed by atoms with van der Waals surface area (Å²) >= 11 is 0. The van der Waals surface area contributed by atoms with Crippen molar-refractivity contribution in [3.05, 3.63) is 23.3 Å². The topological polar surface area (TPSA) is 86.7 Å². The third-order valence-electron chi connectivity index (χ3n) is 3.37. The number of phenols is 2. The van der Waals surface area contributed by atoms with Crippen molar-refractivity contribution in [3.63, 3.8) is 0 Å². The Kier molecular flexibility index (Phi) is 2.78. The fourth-order valence-corrected chi connectivity index (χ4v) is 2.38. The molecule has 0 aliphatic heterocycles. The van der Waals surface area contributed by atoms with Crippen LogP contribution in [0.1, 0.15) is 30.4 Å². The van der Waals surface area contributed by atoms with Gasteiger partial charge >= 0.3 is 0 Å². The van der Waals surface area contributed by atoms with Crippen molar-refractivity contribution in [3.8, 4) is 11.5 Å². The van der Waals surface area contributed by atoms with Crippen molar-refractivity contribution in [1.82, 2.24) is 0 Å². The number of nitrogens with two attached hydrogens (primary N) is 1. The third-order valence-corrected chi connectivity index (χ3v) is 3.37. The van der Waals surface area contributed by atoms with Crippen molar-refractivity contribution in [2.45, 2.75) is 31.3 Å². The number of fused-ring (bicyclic) bond motifs is 1. The van der Waals surface area contributed by atoms with Gasteiger partial charge in [0.15, 0.2) is 11.5 Å². The predicted octanol–water partition coefficient (Wildman–Crippen LogP) is 0.970. The fraction of sp³-hybridized carbons (Fsp3) is 0.500. The minimum Gasteiger partial charge on any atom is -0.504 e. The molecule has 1 aromatic rings. The Bertz CT molecular complexity index is 405. The minimum absolute atomic E-state index is 0.119. The van der Waals surface area contributed by atoms with E-state index in [9.17, 15) is 15.3 Å². The fourth-order valence-electron chi connectivity index (χ4n) is 2.38. The molecule has 0 amide bonds. The first-order valence-corrected chi connectivity index (χ1v) is 5.55. The van der Waals surface area contributed by atoms with Gasteiger partial charge in [0.05, 0.1) is 0 Å². The molecule has 0 spiro atoms. The summed E-state index contributed by atoms with van der Waals surface area (Å²) in [6, 6.07) is 3.06. The number of aromatic hydroxyl groups is 2. The van der Waals surface area contributed by atoms with E-state index in [-0.39, 0.29) is 18.0 Å². The van der Waals surface area contributed by atoms with Crippen molar-refractivity contribution in [1.29, 1.82) is 0 Å². The highest BCUT2D eigenvalue weighted by molar-refractivity contribution is 5.51. The molecule has 0 saturated heterocycles. The Morgan fingerprint density at radius 2 is 2.00 bits per heavy atom. The second-order valence-corrected chi connectivity index (χ2v) is 4.40. The summed E-state index contributed by atoms with van der Waals surface area (Å²) in [5.41, 5.74) is 5.83. The van der Waals surface area contributed by atoms with Crippen LogP contribution in [0.15, 0.2) is 12.1 Å². The molecule has 0 bridgehead atoms. The standard InChI is InChI=1S/C12H17NO3/c13-7-12(16)6-2-1-3-8-9(12)4-5-10(14)11(8)15/h4-5,14-16H,1-3,6-7,13H2. The monoisotopic (exact) mass is 223 g/mol. The molecule has 1 aliphatic rings. The third kappa shape index (κ3) is 1.64. The number of aliphatic hydroxyl groups is 1. The van der Waals surface area contributed by atoms with Crippen molar-refractivity contribution < 1.29 is 15.3 Å². The van der Waals surface area contributed by atoms with Gasteiger partial charge in [-0.3, -0.25) is 0 Å². The van der Waals surface area contributed by atoms with Gasteiger partial charge in [0, 0.05) is 12.1 Å². The van der Waals surface area contributed by atoms with Crippen LogP contribution in [-0.4, -0.2) is 21.9 Å². The van der Waals surface area contributed by atoms with Crippen molar-refractivity contribution >= 4 is 0 Å². The average molecular weight is 223 g/mol. The lowest BCUT2D eigenvalue weighted by atomic mass is 9.87. The maximum Gasteiger partial charge on any atom is 0.161 e. The molecule has 0 saturated carbocycles. The molecule has 16 heavy (non-hydrogen) atoms. The van der Waals surface area contributed by atoms with E-state index < -0.39 is 5.60 Å². The van der Waals surface area contributed by atoms with Crippen LogP contribution in [0.3, 0.4) is 0 Å². The summed E-state index contributed by atoms with van der Waals surface area (Å²) in [6.07, 6.45) is 3.01. The first-order valence-electron chi connectivity index (χ1n) is 5.55.